The summed E-state index contributed by atoms with van der Waals surface area (Å²) in [6.07, 6.45) is 0.721. The fraction of sp³-hybridized carbons (Fsp3) is 0.263. The summed E-state index contributed by atoms with van der Waals surface area (Å²) in [6, 6.07) is 7.93. The number of rotatable bonds is 9. The molecule has 2 rings (SSSR count). The first kappa shape index (κ1) is 20.7. The van der Waals surface area contributed by atoms with E-state index in [2.05, 4.69) is 5.32 Å². The lowest BCUT2D eigenvalue weighted by Gasteiger charge is -2.13. The van der Waals surface area contributed by atoms with E-state index in [-0.39, 0.29) is 34.9 Å². The average molecular weight is 388 g/mol. The fourth-order valence-corrected chi connectivity index (χ4v) is 2.37. The SMILES string of the molecule is CCCOc1ccc(C(=O)O)cc1NC(=O)c1ccc(OCC)c([N+](=O)[O-])c1. The zero-order valence-corrected chi connectivity index (χ0v) is 15.4. The minimum atomic E-state index is -1.16. The summed E-state index contributed by atoms with van der Waals surface area (Å²) >= 11 is 0. The molecule has 0 aliphatic carbocycles. The van der Waals surface area contributed by atoms with Gasteiger partial charge in [-0.15, -0.1) is 0 Å². The molecule has 1 amide bonds. The zero-order chi connectivity index (χ0) is 20.7. The first-order valence-corrected chi connectivity index (χ1v) is 8.60. The maximum absolute atomic E-state index is 12.6. The van der Waals surface area contributed by atoms with Crippen molar-refractivity contribution in [2.24, 2.45) is 0 Å². The quantitative estimate of drug-likeness (QED) is 0.495. The smallest absolute Gasteiger partial charge is 0.335 e. The first-order valence-electron chi connectivity index (χ1n) is 8.60. The Morgan fingerprint density at radius 1 is 1.07 bits per heavy atom. The Balaban J connectivity index is 2.35. The highest BCUT2D eigenvalue weighted by Crippen LogP contribution is 2.30. The molecule has 0 atom stereocenters. The van der Waals surface area contributed by atoms with Gasteiger partial charge < -0.3 is 19.9 Å². The number of hydrogen-bond donors (Lipinski definition) is 2. The molecular formula is C19H20N2O7. The number of anilines is 1. The number of ether oxygens (including phenoxy) is 2. The van der Waals surface area contributed by atoms with E-state index < -0.39 is 16.8 Å². The van der Waals surface area contributed by atoms with Crippen LogP contribution in [0.1, 0.15) is 41.0 Å². The number of nitro groups is 1. The number of aromatic carboxylic acids is 1. The number of nitrogens with one attached hydrogen (secondary N) is 1. The maximum atomic E-state index is 12.6. The van der Waals surface area contributed by atoms with E-state index in [1.165, 1.54) is 30.3 Å². The molecule has 0 fully saturated rings. The molecule has 0 saturated carbocycles. The number of benzene rings is 2. The standard InChI is InChI=1S/C19H20N2O7/c1-3-9-28-16-7-6-13(19(23)24)10-14(16)20-18(22)12-5-8-17(27-4-2)15(11-12)21(25)26/h5-8,10-11H,3-4,9H2,1-2H3,(H,20,22)(H,23,24). The first-order chi connectivity index (χ1) is 13.4. The van der Waals surface area contributed by atoms with Gasteiger partial charge in [-0.3, -0.25) is 14.9 Å². The lowest BCUT2D eigenvalue weighted by Crippen LogP contribution is -2.14. The summed E-state index contributed by atoms with van der Waals surface area (Å²) in [4.78, 5) is 34.4. The van der Waals surface area contributed by atoms with Crippen LogP contribution in [0, 0.1) is 10.1 Å². The molecule has 0 bridgehead atoms. The van der Waals surface area contributed by atoms with E-state index in [0.29, 0.717) is 12.4 Å². The Kier molecular flexibility index (Phi) is 6.91. The van der Waals surface area contributed by atoms with Gasteiger partial charge in [0.05, 0.1) is 29.4 Å². The van der Waals surface area contributed by atoms with Crippen LogP contribution < -0.4 is 14.8 Å². The number of carbonyl (C=O) groups is 2. The lowest BCUT2D eigenvalue weighted by atomic mass is 10.1. The Morgan fingerprint density at radius 3 is 2.36 bits per heavy atom. The number of carbonyl (C=O) groups excluding carboxylic acids is 1. The van der Waals surface area contributed by atoms with Crippen molar-refractivity contribution < 1.29 is 29.1 Å². The molecule has 9 nitrogen and oxygen atoms in total. The second-order valence-electron chi connectivity index (χ2n) is 5.69. The van der Waals surface area contributed by atoms with Gasteiger partial charge in [-0.05, 0) is 43.7 Å². The normalized spacial score (nSPS) is 10.2. The van der Waals surface area contributed by atoms with Gasteiger partial charge >= 0.3 is 11.7 Å². The van der Waals surface area contributed by atoms with E-state index in [4.69, 9.17) is 14.6 Å². The van der Waals surface area contributed by atoms with E-state index in [0.717, 1.165) is 12.5 Å². The van der Waals surface area contributed by atoms with Crippen molar-refractivity contribution in [3.8, 4) is 11.5 Å². The predicted molar refractivity (Wildman–Crippen MR) is 101 cm³/mol. The topological polar surface area (TPSA) is 128 Å². The third-order valence-corrected chi connectivity index (χ3v) is 3.65. The van der Waals surface area contributed by atoms with Gasteiger partial charge in [0.15, 0.2) is 5.75 Å². The minimum absolute atomic E-state index is 0.0253. The van der Waals surface area contributed by atoms with Crippen molar-refractivity contribution in [3.05, 3.63) is 57.6 Å². The van der Waals surface area contributed by atoms with Gasteiger partial charge in [0.25, 0.3) is 5.91 Å². The monoisotopic (exact) mass is 388 g/mol. The number of hydrogen-bond acceptors (Lipinski definition) is 6. The third-order valence-electron chi connectivity index (χ3n) is 3.65. The van der Waals surface area contributed by atoms with E-state index in [1.807, 2.05) is 6.92 Å². The van der Waals surface area contributed by atoms with Crippen molar-refractivity contribution in [2.75, 3.05) is 18.5 Å². The summed E-state index contributed by atoms with van der Waals surface area (Å²) in [7, 11) is 0. The summed E-state index contributed by atoms with van der Waals surface area (Å²) in [5, 5.41) is 23.0. The van der Waals surface area contributed by atoms with Gasteiger partial charge in [-0.25, -0.2) is 4.79 Å². The van der Waals surface area contributed by atoms with Crippen molar-refractivity contribution in [3.63, 3.8) is 0 Å². The summed E-state index contributed by atoms with van der Waals surface area (Å²) in [6.45, 7) is 4.22. The predicted octanol–water partition coefficient (Wildman–Crippen LogP) is 3.73. The molecule has 148 valence electrons. The second kappa shape index (κ2) is 9.36. The van der Waals surface area contributed by atoms with Crippen LogP contribution in [0.15, 0.2) is 36.4 Å². The Hall–Kier alpha value is -3.62. The van der Waals surface area contributed by atoms with E-state index in [1.54, 1.807) is 6.92 Å². The summed E-state index contributed by atoms with van der Waals surface area (Å²) in [5.74, 6) is -1.44. The Labute approximate surface area is 161 Å². The molecule has 0 aromatic heterocycles. The fourth-order valence-electron chi connectivity index (χ4n) is 2.37. The molecule has 0 radical (unpaired) electrons. The maximum Gasteiger partial charge on any atom is 0.335 e. The van der Waals surface area contributed by atoms with Crippen LogP contribution in [0.5, 0.6) is 11.5 Å². The van der Waals surface area contributed by atoms with Crippen LogP contribution in [0.2, 0.25) is 0 Å². The van der Waals surface area contributed by atoms with E-state index >= 15 is 0 Å². The van der Waals surface area contributed by atoms with Crippen LogP contribution in [0.4, 0.5) is 11.4 Å². The van der Waals surface area contributed by atoms with Crippen LogP contribution in [0.3, 0.4) is 0 Å². The molecular weight excluding hydrogens is 368 g/mol. The molecule has 0 aliphatic rings. The molecule has 0 unspecified atom stereocenters. The third kappa shape index (κ3) is 4.97. The van der Waals surface area contributed by atoms with Gasteiger partial charge in [-0.1, -0.05) is 6.92 Å². The molecule has 0 heterocycles. The largest absolute Gasteiger partial charge is 0.491 e. The average Bonchev–Trinajstić information content (AvgIpc) is 2.67. The molecule has 28 heavy (non-hydrogen) atoms. The summed E-state index contributed by atoms with van der Waals surface area (Å²) in [5.41, 5.74) is -0.180. The highest BCUT2D eigenvalue weighted by atomic mass is 16.6. The van der Waals surface area contributed by atoms with Crippen molar-refractivity contribution >= 4 is 23.3 Å². The van der Waals surface area contributed by atoms with Gasteiger partial charge in [0.2, 0.25) is 0 Å². The number of nitro benzene ring substituents is 1. The second-order valence-corrected chi connectivity index (χ2v) is 5.69. The highest BCUT2D eigenvalue weighted by Gasteiger charge is 2.20. The van der Waals surface area contributed by atoms with Crippen LogP contribution in [0.25, 0.3) is 0 Å². The number of carboxylic acid groups (broad SMARTS) is 1. The number of amides is 1. The molecule has 2 N–H and O–H groups in total. The Morgan fingerprint density at radius 2 is 1.75 bits per heavy atom. The van der Waals surface area contributed by atoms with Crippen LogP contribution >= 0.6 is 0 Å². The summed E-state index contributed by atoms with van der Waals surface area (Å²) < 4.78 is 10.7. The number of nitrogens with zero attached hydrogens (tertiary/aromatic N) is 1. The van der Waals surface area contributed by atoms with Crippen LogP contribution in [-0.2, 0) is 0 Å². The molecule has 0 aliphatic heterocycles. The van der Waals surface area contributed by atoms with E-state index in [9.17, 15) is 19.7 Å². The van der Waals surface area contributed by atoms with Gasteiger partial charge in [0, 0.05) is 11.6 Å². The zero-order valence-electron chi connectivity index (χ0n) is 15.4. The van der Waals surface area contributed by atoms with Crippen molar-refractivity contribution in [2.45, 2.75) is 20.3 Å². The van der Waals surface area contributed by atoms with Gasteiger partial charge in [-0.2, -0.15) is 0 Å². The van der Waals surface area contributed by atoms with Crippen LogP contribution in [-0.4, -0.2) is 35.1 Å². The van der Waals surface area contributed by atoms with Crippen molar-refractivity contribution in [1.29, 1.82) is 0 Å². The number of carboxylic acids is 1. The molecule has 0 spiro atoms. The molecule has 9 heteroatoms. The molecule has 2 aromatic rings. The lowest BCUT2D eigenvalue weighted by molar-refractivity contribution is -0.385. The molecule has 0 saturated heterocycles. The van der Waals surface area contributed by atoms with Crippen molar-refractivity contribution in [1.82, 2.24) is 0 Å². The highest BCUT2D eigenvalue weighted by molar-refractivity contribution is 6.06. The molecule has 2 aromatic carbocycles. The van der Waals surface area contributed by atoms with Gasteiger partial charge in [0.1, 0.15) is 5.75 Å². The minimum Gasteiger partial charge on any atom is -0.491 e. The Bertz CT molecular complexity index is 896.